The fraction of sp³-hybridized carbons (Fsp3) is 0.333. The molecule has 1 aromatic carbocycles. The van der Waals surface area contributed by atoms with Crippen LogP contribution in [-0.2, 0) is 0 Å². The van der Waals surface area contributed by atoms with Gasteiger partial charge in [0.1, 0.15) is 0 Å². The van der Waals surface area contributed by atoms with Crippen molar-refractivity contribution in [2.45, 2.75) is 4.90 Å². The Bertz CT molecular complexity index is 302. The van der Waals surface area contributed by atoms with E-state index < -0.39 is 0 Å². The van der Waals surface area contributed by atoms with Crippen LogP contribution in [0.3, 0.4) is 0 Å². The molecular formula is C9H11BrO2S. The van der Waals surface area contributed by atoms with Gasteiger partial charge in [-0.1, -0.05) is 0 Å². The number of hydrogen-bond donors (Lipinski definition) is 0. The molecule has 0 aliphatic rings. The number of rotatable bonds is 3. The van der Waals surface area contributed by atoms with Gasteiger partial charge < -0.3 is 9.47 Å². The van der Waals surface area contributed by atoms with E-state index in [0.29, 0.717) is 0 Å². The summed E-state index contributed by atoms with van der Waals surface area (Å²) < 4.78 is 11.3. The van der Waals surface area contributed by atoms with E-state index in [9.17, 15) is 0 Å². The summed E-state index contributed by atoms with van der Waals surface area (Å²) in [4.78, 5) is 1.14. The van der Waals surface area contributed by atoms with Crippen molar-refractivity contribution in [1.29, 1.82) is 0 Å². The average molecular weight is 263 g/mol. The predicted molar refractivity (Wildman–Crippen MR) is 59.0 cm³/mol. The topological polar surface area (TPSA) is 18.5 Å². The van der Waals surface area contributed by atoms with Gasteiger partial charge in [-0.3, -0.25) is 0 Å². The van der Waals surface area contributed by atoms with Crippen molar-refractivity contribution >= 4 is 27.7 Å². The van der Waals surface area contributed by atoms with E-state index in [1.807, 2.05) is 18.4 Å². The molecule has 0 atom stereocenters. The monoisotopic (exact) mass is 262 g/mol. The molecule has 1 rings (SSSR count). The van der Waals surface area contributed by atoms with Crippen molar-refractivity contribution in [2.75, 3.05) is 20.5 Å². The molecule has 0 aromatic heterocycles. The van der Waals surface area contributed by atoms with E-state index >= 15 is 0 Å². The third-order valence-corrected chi connectivity index (χ3v) is 2.94. The van der Waals surface area contributed by atoms with Gasteiger partial charge in [-0.15, -0.1) is 11.8 Å². The molecule has 0 spiro atoms. The van der Waals surface area contributed by atoms with Crippen LogP contribution in [0.1, 0.15) is 0 Å². The summed E-state index contributed by atoms with van der Waals surface area (Å²) in [6, 6.07) is 3.96. The Morgan fingerprint density at radius 1 is 1.23 bits per heavy atom. The highest BCUT2D eigenvalue weighted by Gasteiger charge is 2.09. The first-order chi connectivity index (χ1) is 6.22. The van der Waals surface area contributed by atoms with Crippen LogP contribution in [-0.4, -0.2) is 20.5 Å². The van der Waals surface area contributed by atoms with Gasteiger partial charge in [0.15, 0.2) is 11.5 Å². The van der Waals surface area contributed by atoms with Crippen LogP contribution in [0.15, 0.2) is 21.5 Å². The van der Waals surface area contributed by atoms with Crippen molar-refractivity contribution in [3.63, 3.8) is 0 Å². The molecule has 0 aliphatic heterocycles. The van der Waals surface area contributed by atoms with Gasteiger partial charge in [0.25, 0.3) is 0 Å². The molecule has 2 nitrogen and oxygen atoms in total. The second-order valence-electron chi connectivity index (χ2n) is 2.34. The lowest BCUT2D eigenvalue weighted by Crippen LogP contribution is -1.91. The van der Waals surface area contributed by atoms with E-state index in [0.717, 1.165) is 20.9 Å². The maximum Gasteiger partial charge on any atom is 0.174 e. The van der Waals surface area contributed by atoms with Gasteiger partial charge in [0.05, 0.1) is 18.7 Å². The molecule has 0 N–H and O–H groups in total. The maximum absolute atomic E-state index is 5.19. The van der Waals surface area contributed by atoms with Gasteiger partial charge >= 0.3 is 0 Å². The van der Waals surface area contributed by atoms with Crippen molar-refractivity contribution < 1.29 is 9.47 Å². The Hall–Kier alpha value is -0.350. The van der Waals surface area contributed by atoms with Crippen molar-refractivity contribution in [2.24, 2.45) is 0 Å². The predicted octanol–water partition coefficient (Wildman–Crippen LogP) is 3.19. The summed E-state index contributed by atoms with van der Waals surface area (Å²) >= 11 is 5.09. The van der Waals surface area contributed by atoms with Crippen molar-refractivity contribution in [3.05, 3.63) is 16.6 Å². The number of ether oxygens (including phenoxy) is 2. The highest BCUT2D eigenvalue weighted by atomic mass is 79.9. The van der Waals surface area contributed by atoms with E-state index in [2.05, 4.69) is 15.9 Å². The van der Waals surface area contributed by atoms with Gasteiger partial charge in [-0.2, -0.15) is 0 Å². The molecule has 1 aromatic rings. The zero-order valence-electron chi connectivity index (χ0n) is 7.76. The van der Waals surface area contributed by atoms with Crippen LogP contribution in [0.5, 0.6) is 11.5 Å². The average Bonchev–Trinajstić information content (AvgIpc) is 2.16. The van der Waals surface area contributed by atoms with Crippen molar-refractivity contribution in [3.8, 4) is 11.5 Å². The van der Waals surface area contributed by atoms with Gasteiger partial charge in [-0.05, 0) is 34.3 Å². The Morgan fingerprint density at radius 2 is 1.92 bits per heavy atom. The lowest BCUT2D eigenvalue weighted by Gasteiger charge is -2.10. The molecule has 0 unspecified atom stereocenters. The Morgan fingerprint density at radius 3 is 2.38 bits per heavy atom. The number of halogens is 1. The van der Waals surface area contributed by atoms with E-state index in [-0.39, 0.29) is 0 Å². The lowest BCUT2D eigenvalue weighted by molar-refractivity contribution is 0.352. The molecule has 0 radical (unpaired) electrons. The summed E-state index contributed by atoms with van der Waals surface area (Å²) in [5, 5.41) is 0. The first-order valence-electron chi connectivity index (χ1n) is 3.68. The molecule has 13 heavy (non-hydrogen) atoms. The summed E-state index contributed by atoms with van der Waals surface area (Å²) in [7, 11) is 3.26. The molecule has 0 amide bonds. The van der Waals surface area contributed by atoms with E-state index in [1.165, 1.54) is 0 Å². The van der Waals surface area contributed by atoms with Gasteiger partial charge in [0, 0.05) is 4.90 Å². The fourth-order valence-corrected chi connectivity index (χ4v) is 2.23. The van der Waals surface area contributed by atoms with Crippen LogP contribution in [0.2, 0.25) is 0 Å². The Labute approximate surface area is 90.7 Å². The van der Waals surface area contributed by atoms with Crippen LogP contribution < -0.4 is 9.47 Å². The first kappa shape index (κ1) is 10.7. The third kappa shape index (κ3) is 2.31. The lowest BCUT2D eigenvalue weighted by atomic mass is 10.3. The summed E-state index contributed by atoms with van der Waals surface area (Å²) in [5.74, 6) is 1.49. The molecule has 4 heteroatoms. The second kappa shape index (κ2) is 4.77. The first-order valence-corrected chi connectivity index (χ1v) is 5.70. The standard InChI is InChI=1S/C9H11BrO2S/c1-11-8-5-6(13-3)4-7(10)9(8)12-2/h4-5H,1-3H3. The second-order valence-corrected chi connectivity index (χ2v) is 4.08. The number of methoxy groups -OCH3 is 2. The molecular weight excluding hydrogens is 252 g/mol. The zero-order chi connectivity index (χ0) is 9.84. The van der Waals surface area contributed by atoms with E-state index in [4.69, 9.17) is 9.47 Å². The molecule has 0 saturated heterocycles. The molecule has 0 heterocycles. The molecule has 0 bridgehead atoms. The van der Waals surface area contributed by atoms with Gasteiger partial charge in [-0.25, -0.2) is 0 Å². The number of hydrogen-bond acceptors (Lipinski definition) is 3. The summed E-state index contributed by atoms with van der Waals surface area (Å²) in [6.07, 6.45) is 2.02. The number of thioether (sulfide) groups is 1. The third-order valence-electron chi connectivity index (χ3n) is 1.64. The maximum atomic E-state index is 5.19. The van der Waals surface area contributed by atoms with Crippen LogP contribution in [0, 0.1) is 0 Å². The Balaban J connectivity index is 3.20. The normalized spacial score (nSPS) is 9.85. The highest BCUT2D eigenvalue weighted by Crippen LogP contribution is 2.38. The fourth-order valence-electron chi connectivity index (χ4n) is 1.01. The van der Waals surface area contributed by atoms with Crippen molar-refractivity contribution in [1.82, 2.24) is 0 Å². The Kier molecular flexibility index (Phi) is 3.93. The van der Waals surface area contributed by atoms with Crippen LogP contribution in [0.4, 0.5) is 0 Å². The van der Waals surface area contributed by atoms with Gasteiger partial charge in [0.2, 0.25) is 0 Å². The number of benzene rings is 1. The van der Waals surface area contributed by atoms with Crippen LogP contribution in [0.25, 0.3) is 0 Å². The SMILES string of the molecule is COc1cc(SC)cc(Br)c1OC. The highest BCUT2D eigenvalue weighted by molar-refractivity contribution is 9.10. The molecule has 0 saturated carbocycles. The smallest absolute Gasteiger partial charge is 0.174 e. The summed E-state index contributed by atoms with van der Waals surface area (Å²) in [5.41, 5.74) is 0. The minimum atomic E-state index is 0.736. The minimum Gasteiger partial charge on any atom is -0.493 e. The van der Waals surface area contributed by atoms with Crippen LogP contribution >= 0.6 is 27.7 Å². The molecule has 0 fully saturated rings. The largest absolute Gasteiger partial charge is 0.493 e. The quantitative estimate of drug-likeness (QED) is 0.780. The zero-order valence-corrected chi connectivity index (χ0v) is 10.2. The van der Waals surface area contributed by atoms with E-state index in [1.54, 1.807) is 26.0 Å². The molecule has 72 valence electrons. The summed E-state index contributed by atoms with van der Waals surface area (Å²) in [6.45, 7) is 0. The minimum absolute atomic E-state index is 0.736. The molecule has 0 aliphatic carbocycles.